The number of hydrogen-bond donors (Lipinski definition) is 0. The van der Waals surface area contributed by atoms with Crippen LogP contribution in [-0.2, 0) is 4.79 Å². The summed E-state index contributed by atoms with van der Waals surface area (Å²) >= 11 is 0. The molecule has 1 aliphatic heterocycles. The maximum atomic E-state index is 15.8. The lowest BCUT2D eigenvalue weighted by atomic mass is 9.83. The molecular weight excluding hydrogens is 592 g/mol. The van der Waals surface area contributed by atoms with Crippen LogP contribution in [0, 0.1) is 23.3 Å². The standard InChI is InChI=1S/C39H24F4O3/c40-27-15-9-24(10-16-27)36(25-11-17-28(41)18-12-25)38-32(42)21-26(22-33(38)43)23-13-19-29(20-14-23)45-39(44)37-30-5-1-3-7-34(30)46-35-8-4-2-6-31(35)37/h1-22,36-37H. The van der Waals surface area contributed by atoms with Crippen LogP contribution in [0.15, 0.2) is 133 Å². The number of esters is 1. The zero-order valence-corrected chi connectivity index (χ0v) is 24.1. The Bertz CT molecular complexity index is 1940. The molecule has 0 N–H and O–H groups in total. The Hall–Kier alpha value is -5.69. The molecule has 1 aliphatic rings. The summed E-state index contributed by atoms with van der Waals surface area (Å²) in [6.07, 6.45) is 0. The minimum atomic E-state index is -0.947. The number of para-hydroxylation sites is 2. The average molecular weight is 617 g/mol. The minimum absolute atomic E-state index is 0.246. The first kappa shape index (κ1) is 29.0. The highest BCUT2D eigenvalue weighted by atomic mass is 19.1. The number of benzene rings is 6. The lowest BCUT2D eigenvalue weighted by molar-refractivity contribution is -0.135. The third-order valence-corrected chi connectivity index (χ3v) is 8.10. The molecule has 0 saturated carbocycles. The van der Waals surface area contributed by atoms with Gasteiger partial charge in [-0.05, 0) is 82.9 Å². The fraction of sp³-hybridized carbons (Fsp3) is 0.0513. The molecule has 0 amide bonds. The third-order valence-electron chi connectivity index (χ3n) is 8.10. The molecule has 226 valence electrons. The molecule has 7 rings (SSSR count). The van der Waals surface area contributed by atoms with Gasteiger partial charge in [-0.1, -0.05) is 72.8 Å². The van der Waals surface area contributed by atoms with E-state index < -0.39 is 41.1 Å². The van der Waals surface area contributed by atoms with E-state index in [0.29, 0.717) is 39.3 Å². The first-order chi connectivity index (χ1) is 22.4. The van der Waals surface area contributed by atoms with Gasteiger partial charge in [-0.2, -0.15) is 0 Å². The van der Waals surface area contributed by atoms with E-state index in [9.17, 15) is 13.6 Å². The molecule has 7 heteroatoms. The summed E-state index contributed by atoms with van der Waals surface area (Å²) < 4.78 is 70.7. The highest BCUT2D eigenvalue weighted by Gasteiger charge is 2.34. The molecule has 0 atom stereocenters. The van der Waals surface area contributed by atoms with Crippen molar-refractivity contribution in [2.45, 2.75) is 11.8 Å². The van der Waals surface area contributed by atoms with Crippen LogP contribution in [0.1, 0.15) is 39.7 Å². The van der Waals surface area contributed by atoms with Crippen LogP contribution in [0.5, 0.6) is 17.2 Å². The fourth-order valence-corrected chi connectivity index (χ4v) is 5.92. The van der Waals surface area contributed by atoms with Crippen LogP contribution in [0.25, 0.3) is 11.1 Å². The van der Waals surface area contributed by atoms with E-state index in [2.05, 4.69) is 0 Å². The lowest BCUT2D eigenvalue weighted by Gasteiger charge is -2.26. The summed E-state index contributed by atoms with van der Waals surface area (Å²) in [5.41, 5.74) is 2.78. The summed E-state index contributed by atoms with van der Waals surface area (Å²) in [6, 6.07) is 34.0. The normalized spacial score (nSPS) is 12.3. The van der Waals surface area contributed by atoms with Crippen molar-refractivity contribution in [1.82, 2.24) is 0 Å². The molecule has 6 aromatic rings. The molecule has 0 saturated heterocycles. The van der Waals surface area contributed by atoms with Crippen LogP contribution < -0.4 is 9.47 Å². The van der Waals surface area contributed by atoms with Crippen molar-refractivity contribution < 1.29 is 31.8 Å². The van der Waals surface area contributed by atoms with Crippen LogP contribution in [-0.4, -0.2) is 5.97 Å². The summed E-state index contributed by atoms with van der Waals surface area (Å²) in [7, 11) is 0. The van der Waals surface area contributed by atoms with E-state index >= 15 is 8.78 Å². The quantitative estimate of drug-likeness (QED) is 0.0809. The number of ether oxygens (including phenoxy) is 2. The SMILES string of the molecule is O=C(Oc1ccc(-c2cc(F)c(C(c3ccc(F)cc3)c3ccc(F)cc3)c(F)c2)cc1)C1c2ccccc2Oc2ccccc21. The van der Waals surface area contributed by atoms with Gasteiger partial charge < -0.3 is 9.47 Å². The smallest absolute Gasteiger partial charge is 0.323 e. The zero-order valence-electron chi connectivity index (χ0n) is 24.1. The van der Waals surface area contributed by atoms with Crippen LogP contribution in [0.3, 0.4) is 0 Å². The summed E-state index contributed by atoms with van der Waals surface area (Å²) in [5, 5.41) is 0. The topological polar surface area (TPSA) is 35.5 Å². The molecule has 0 radical (unpaired) electrons. The second-order valence-electron chi connectivity index (χ2n) is 10.9. The van der Waals surface area contributed by atoms with Crippen LogP contribution in [0.2, 0.25) is 0 Å². The molecule has 0 bridgehead atoms. The average Bonchev–Trinajstić information content (AvgIpc) is 3.06. The van der Waals surface area contributed by atoms with Crippen molar-refractivity contribution in [3.05, 3.63) is 185 Å². The Morgan fingerprint density at radius 1 is 0.587 bits per heavy atom. The maximum absolute atomic E-state index is 15.8. The van der Waals surface area contributed by atoms with Crippen molar-refractivity contribution in [2.24, 2.45) is 0 Å². The number of carbonyl (C=O) groups is 1. The number of rotatable bonds is 6. The molecule has 0 aromatic heterocycles. The molecular formula is C39H24F4O3. The zero-order chi connectivity index (χ0) is 31.8. The maximum Gasteiger partial charge on any atom is 0.323 e. The van der Waals surface area contributed by atoms with E-state index in [1.807, 2.05) is 36.4 Å². The van der Waals surface area contributed by atoms with E-state index in [0.717, 1.165) is 0 Å². The van der Waals surface area contributed by atoms with Gasteiger partial charge in [-0.15, -0.1) is 0 Å². The van der Waals surface area contributed by atoms with Gasteiger partial charge in [0.2, 0.25) is 0 Å². The van der Waals surface area contributed by atoms with Gasteiger partial charge in [-0.3, -0.25) is 4.79 Å². The fourth-order valence-electron chi connectivity index (χ4n) is 5.92. The second-order valence-corrected chi connectivity index (χ2v) is 10.9. The molecule has 1 heterocycles. The van der Waals surface area contributed by atoms with Crippen molar-refractivity contribution in [3.63, 3.8) is 0 Å². The number of halogens is 4. The predicted molar refractivity (Wildman–Crippen MR) is 166 cm³/mol. The Balaban J connectivity index is 1.17. The molecule has 3 nitrogen and oxygen atoms in total. The van der Waals surface area contributed by atoms with Gasteiger partial charge >= 0.3 is 5.97 Å². The number of fused-ring (bicyclic) bond motifs is 2. The second kappa shape index (κ2) is 12.0. The largest absolute Gasteiger partial charge is 0.457 e. The van der Waals surface area contributed by atoms with Gasteiger partial charge in [-0.25, -0.2) is 17.6 Å². The van der Waals surface area contributed by atoms with Gasteiger partial charge in [0.1, 0.15) is 46.4 Å². The summed E-state index contributed by atoms with van der Waals surface area (Å²) in [5.74, 6) is -3.35. The highest BCUT2D eigenvalue weighted by molar-refractivity contribution is 5.87. The van der Waals surface area contributed by atoms with Crippen molar-refractivity contribution in [3.8, 4) is 28.4 Å². The molecule has 6 aromatic carbocycles. The summed E-state index contributed by atoms with van der Waals surface area (Å²) in [6.45, 7) is 0. The van der Waals surface area contributed by atoms with Gasteiger partial charge in [0.25, 0.3) is 0 Å². The monoisotopic (exact) mass is 616 g/mol. The molecule has 0 unspecified atom stereocenters. The molecule has 46 heavy (non-hydrogen) atoms. The predicted octanol–water partition coefficient (Wildman–Crippen LogP) is 9.93. The molecule has 0 spiro atoms. The van der Waals surface area contributed by atoms with Gasteiger partial charge in [0.15, 0.2) is 0 Å². The van der Waals surface area contributed by atoms with Crippen LogP contribution in [0.4, 0.5) is 17.6 Å². The molecule has 0 fully saturated rings. The number of hydrogen-bond acceptors (Lipinski definition) is 3. The van der Waals surface area contributed by atoms with E-state index in [-0.39, 0.29) is 16.9 Å². The lowest BCUT2D eigenvalue weighted by Crippen LogP contribution is -2.23. The minimum Gasteiger partial charge on any atom is -0.457 e. The number of carbonyl (C=O) groups excluding carboxylic acids is 1. The van der Waals surface area contributed by atoms with E-state index in [1.54, 1.807) is 36.4 Å². The highest BCUT2D eigenvalue weighted by Crippen LogP contribution is 2.44. The Morgan fingerprint density at radius 2 is 1.07 bits per heavy atom. The van der Waals surface area contributed by atoms with Gasteiger partial charge in [0.05, 0.1) is 0 Å². The molecule has 0 aliphatic carbocycles. The van der Waals surface area contributed by atoms with Crippen molar-refractivity contribution >= 4 is 5.97 Å². The van der Waals surface area contributed by atoms with Gasteiger partial charge in [0, 0.05) is 22.6 Å². The first-order valence-corrected chi connectivity index (χ1v) is 14.5. The Labute approximate surface area is 262 Å². The van der Waals surface area contributed by atoms with Crippen molar-refractivity contribution in [2.75, 3.05) is 0 Å². The van der Waals surface area contributed by atoms with Crippen molar-refractivity contribution in [1.29, 1.82) is 0 Å². The third kappa shape index (κ3) is 5.52. The first-order valence-electron chi connectivity index (χ1n) is 14.5. The Kier molecular flexibility index (Phi) is 7.58. The van der Waals surface area contributed by atoms with Crippen LogP contribution >= 0.6 is 0 Å². The van der Waals surface area contributed by atoms with E-state index in [1.165, 1.54) is 60.7 Å². The Morgan fingerprint density at radius 3 is 1.57 bits per heavy atom. The van der Waals surface area contributed by atoms with E-state index in [4.69, 9.17) is 9.47 Å². The summed E-state index contributed by atoms with van der Waals surface area (Å²) in [4.78, 5) is 13.5.